The number of pyridine rings is 1. The van der Waals surface area contributed by atoms with Gasteiger partial charge in [0.05, 0.1) is 0 Å². The monoisotopic (exact) mass is 361 g/mol. The Labute approximate surface area is 160 Å². The summed E-state index contributed by atoms with van der Waals surface area (Å²) in [5, 5.41) is 12.0. The molecule has 1 saturated carbocycles. The van der Waals surface area contributed by atoms with Crippen molar-refractivity contribution >= 4 is 5.65 Å². The lowest BCUT2D eigenvalue weighted by Gasteiger charge is -2.27. The molecule has 0 aromatic carbocycles. The molecule has 2 aromatic heterocycles. The number of fused-ring (bicyclic) bond motifs is 1. The summed E-state index contributed by atoms with van der Waals surface area (Å²) in [6, 6.07) is 4.58. The van der Waals surface area contributed by atoms with Gasteiger partial charge in [-0.2, -0.15) is 0 Å². The summed E-state index contributed by atoms with van der Waals surface area (Å²) in [6.45, 7) is 19.5. The second-order valence-electron chi connectivity index (χ2n) is 6.03. The van der Waals surface area contributed by atoms with Crippen molar-refractivity contribution in [2.24, 2.45) is 0 Å². The highest BCUT2D eigenvalue weighted by molar-refractivity contribution is 5.45. The zero-order valence-corrected chi connectivity index (χ0v) is 18.0. The molecular weight excluding hydrogens is 322 g/mol. The van der Waals surface area contributed by atoms with Gasteiger partial charge in [0.1, 0.15) is 5.82 Å². The summed E-state index contributed by atoms with van der Waals surface area (Å²) in [5.41, 5.74) is 3.81. The highest BCUT2D eigenvalue weighted by Gasteiger charge is 2.27. The molecule has 1 aliphatic carbocycles. The van der Waals surface area contributed by atoms with Gasteiger partial charge in [0.15, 0.2) is 5.65 Å². The highest BCUT2D eigenvalue weighted by atomic mass is 15.2. The zero-order valence-electron chi connectivity index (χ0n) is 18.0. The van der Waals surface area contributed by atoms with Crippen molar-refractivity contribution in [3.05, 3.63) is 29.2 Å². The lowest BCUT2D eigenvalue weighted by Crippen LogP contribution is -2.42. The predicted molar refractivity (Wildman–Crippen MR) is 112 cm³/mol. The first-order valence-electron chi connectivity index (χ1n) is 10.6. The van der Waals surface area contributed by atoms with Crippen molar-refractivity contribution in [1.29, 1.82) is 0 Å². The van der Waals surface area contributed by atoms with Crippen molar-refractivity contribution in [2.75, 3.05) is 26.2 Å². The molecule has 1 N–H and O–H groups in total. The van der Waals surface area contributed by atoms with E-state index in [2.05, 4.69) is 36.9 Å². The van der Waals surface area contributed by atoms with Crippen LogP contribution in [0.1, 0.15) is 77.4 Å². The normalized spacial score (nSPS) is 16.6. The number of piperazine rings is 1. The van der Waals surface area contributed by atoms with Gasteiger partial charge >= 0.3 is 0 Å². The molecule has 0 bridgehead atoms. The number of nitrogens with zero attached hydrogens (tertiary/aromatic N) is 4. The van der Waals surface area contributed by atoms with E-state index in [1.54, 1.807) is 0 Å². The van der Waals surface area contributed by atoms with Crippen LogP contribution in [0.2, 0.25) is 0 Å². The van der Waals surface area contributed by atoms with Crippen LogP contribution in [0.3, 0.4) is 0 Å². The molecular formula is C21H39N5. The predicted octanol–water partition coefficient (Wildman–Crippen LogP) is 4.40. The fraction of sp³-hybridized carbons (Fsp3) is 0.714. The topological polar surface area (TPSA) is 45.5 Å². The first-order valence-corrected chi connectivity index (χ1v) is 10.6. The Kier molecular flexibility index (Phi) is 10.4. The summed E-state index contributed by atoms with van der Waals surface area (Å²) in [5.74, 6) is 1.73. The molecule has 4 rings (SSSR count). The molecule has 2 fully saturated rings. The van der Waals surface area contributed by atoms with Gasteiger partial charge in [-0.1, -0.05) is 41.5 Å². The number of aromatic nitrogens is 3. The maximum absolute atomic E-state index is 4.32. The summed E-state index contributed by atoms with van der Waals surface area (Å²) < 4.78 is 2.24. The molecule has 148 valence electrons. The van der Waals surface area contributed by atoms with Crippen molar-refractivity contribution in [3.63, 3.8) is 0 Å². The second-order valence-corrected chi connectivity index (χ2v) is 6.03. The maximum Gasteiger partial charge on any atom is 0.161 e. The third kappa shape index (κ3) is 5.78. The van der Waals surface area contributed by atoms with E-state index in [-0.39, 0.29) is 0 Å². The number of nitrogens with one attached hydrogen (secondary N) is 1. The van der Waals surface area contributed by atoms with E-state index in [1.165, 1.54) is 24.1 Å². The smallest absolute Gasteiger partial charge is 0.161 e. The van der Waals surface area contributed by atoms with E-state index < -0.39 is 0 Å². The first-order chi connectivity index (χ1) is 12.8. The molecule has 0 amide bonds. The maximum atomic E-state index is 4.32. The minimum absolute atomic E-state index is 0.718. The van der Waals surface area contributed by atoms with Crippen LogP contribution in [-0.2, 0) is 6.54 Å². The van der Waals surface area contributed by atoms with Gasteiger partial charge in [-0.15, -0.1) is 10.2 Å². The standard InChI is InChI=1S/C15H21N5.3C2H6/c1-11-17-18-15-9-12(10-19-6-4-16-5-7-19)8-14(20(11)15)13-2-3-13;3*1-2/h8-9,13,16H,2-7,10H2,1H3;3*1-2H3. The van der Waals surface area contributed by atoms with Gasteiger partial charge in [-0.3, -0.25) is 9.30 Å². The third-order valence-corrected chi connectivity index (χ3v) is 4.37. The van der Waals surface area contributed by atoms with Crippen LogP contribution < -0.4 is 5.32 Å². The van der Waals surface area contributed by atoms with Crippen LogP contribution in [0.4, 0.5) is 0 Å². The summed E-state index contributed by atoms with van der Waals surface area (Å²) in [4.78, 5) is 2.52. The van der Waals surface area contributed by atoms with Crippen LogP contribution in [0.5, 0.6) is 0 Å². The highest BCUT2D eigenvalue weighted by Crippen LogP contribution is 2.40. The molecule has 2 aliphatic rings. The van der Waals surface area contributed by atoms with E-state index in [0.29, 0.717) is 0 Å². The second kappa shape index (κ2) is 12.0. The number of hydrogen-bond donors (Lipinski definition) is 1. The lowest BCUT2D eigenvalue weighted by atomic mass is 10.1. The van der Waals surface area contributed by atoms with Crippen LogP contribution in [0.25, 0.3) is 5.65 Å². The fourth-order valence-corrected chi connectivity index (χ4v) is 3.15. The molecule has 0 radical (unpaired) electrons. The number of aryl methyl sites for hydroxylation is 1. The largest absolute Gasteiger partial charge is 0.314 e. The van der Waals surface area contributed by atoms with Gasteiger partial charge in [0.25, 0.3) is 0 Å². The average Bonchev–Trinajstić information content (AvgIpc) is 3.50. The zero-order chi connectivity index (χ0) is 19.5. The fourth-order valence-electron chi connectivity index (χ4n) is 3.15. The van der Waals surface area contributed by atoms with Crippen LogP contribution >= 0.6 is 0 Å². The molecule has 2 aromatic rings. The van der Waals surface area contributed by atoms with Gasteiger partial charge in [0, 0.05) is 38.4 Å². The number of rotatable bonds is 3. The van der Waals surface area contributed by atoms with Crippen LogP contribution in [-0.4, -0.2) is 45.7 Å². The summed E-state index contributed by atoms with van der Waals surface area (Å²) in [6.07, 6.45) is 2.62. The SMILES string of the molecule is CC.CC.CC.Cc1nnc2cc(CN3CCNCC3)cc(C3CC3)n12. The Bertz CT molecular complexity index is 625. The Hall–Kier alpha value is -1.46. The molecule has 5 heteroatoms. The van der Waals surface area contributed by atoms with Crippen molar-refractivity contribution < 1.29 is 0 Å². The molecule has 1 aliphatic heterocycles. The molecule has 5 nitrogen and oxygen atoms in total. The third-order valence-electron chi connectivity index (χ3n) is 4.37. The Morgan fingerprint density at radius 3 is 2.15 bits per heavy atom. The van der Waals surface area contributed by atoms with Crippen LogP contribution in [0.15, 0.2) is 12.1 Å². The molecule has 0 atom stereocenters. The van der Waals surface area contributed by atoms with E-state index in [9.17, 15) is 0 Å². The molecule has 0 unspecified atom stereocenters. The van der Waals surface area contributed by atoms with Gasteiger partial charge in [-0.25, -0.2) is 0 Å². The van der Waals surface area contributed by atoms with E-state index >= 15 is 0 Å². The van der Waals surface area contributed by atoms with E-state index in [0.717, 1.165) is 50.1 Å². The lowest BCUT2D eigenvalue weighted by molar-refractivity contribution is 0.233. The molecule has 3 heterocycles. The first kappa shape index (κ1) is 22.6. The van der Waals surface area contributed by atoms with E-state index in [4.69, 9.17) is 0 Å². The molecule has 26 heavy (non-hydrogen) atoms. The Morgan fingerprint density at radius 2 is 1.58 bits per heavy atom. The Balaban J connectivity index is 0.000000515. The van der Waals surface area contributed by atoms with Gasteiger partial charge in [-0.05, 0) is 43.4 Å². The number of hydrogen-bond acceptors (Lipinski definition) is 4. The van der Waals surface area contributed by atoms with Crippen molar-refractivity contribution in [2.45, 2.75) is 73.8 Å². The average molecular weight is 362 g/mol. The minimum Gasteiger partial charge on any atom is -0.314 e. The molecule has 1 saturated heterocycles. The van der Waals surface area contributed by atoms with Crippen molar-refractivity contribution in [3.8, 4) is 0 Å². The summed E-state index contributed by atoms with van der Waals surface area (Å²) >= 11 is 0. The van der Waals surface area contributed by atoms with E-state index in [1.807, 2.05) is 48.5 Å². The van der Waals surface area contributed by atoms with Gasteiger partial charge < -0.3 is 5.32 Å². The van der Waals surface area contributed by atoms with Gasteiger partial charge in [0.2, 0.25) is 0 Å². The molecule has 0 spiro atoms. The minimum atomic E-state index is 0.718. The van der Waals surface area contributed by atoms with Crippen LogP contribution in [0, 0.1) is 6.92 Å². The summed E-state index contributed by atoms with van der Waals surface area (Å²) in [7, 11) is 0. The Morgan fingerprint density at radius 1 is 0.962 bits per heavy atom. The quantitative estimate of drug-likeness (QED) is 0.880. The van der Waals surface area contributed by atoms with Crippen molar-refractivity contribution in [1.82, 2.24) is 24.8 Å².